The molecule has 0 spiro atoms. The summed E-state index contributed by atoms with van der Waals surface area (Å²) in [7, 11) is -4.04. The molecule has 0 aromatic heterocycles. The molecule has 0 unspecified atom stereocenters. The number of rotatable bonds is 5. The summed E-state index contributed by atoms with van der Waals surface area (Å²) in [5.41, 5.74) is 7.90. The maximum Gasteiger partial charge on any atom is 0.387 e. The number of alkyl halides is 2. The molecule has 2 amide bonds. The number of primary amides is 1. The zero-order valence-electron chi connectivity index (χ0n) is 20.4. The molecular weight excluding hydrogens is 521 g/mol. The first-order valence-corrected chi connectivity index (χ1v) is 13.3. The van der Waals surface area contributed by atoms with E-state index in [2.05, 4.69) is 4.74 Å². The zero-order chi connectivity index (χ0) is 27.2. The van der Waals surface area contributed by atoms with Crippen molar-refractivity contribution in [3.05, 3.63) is 72.0 Å². The number of piperazine rings is 1. The van der Waals surface area contributed by atoms with Crippen molar-refractivity contribution in [3.8, 4) is 16.9 Å². The van der Waals surface area contributed by atoms with E-state index in [4.69, 9.17) is 5.73 Å². The molecule has 8 nitrogen and oxygen atoms in total. The molecule has 1 fully saturated rings. The second kappa shape index (κ2) is 9.75. The fourth-order valence-electron chi connectivity index (χ4n) is 5.00. The number of halogens is 3. The van der Waals surface area contributed by atoms with E-state index < -0.39 is 28.5 Å². The Hall–Kier alpha value is -3.93. The van der Waals surface area contributed by atoms with Crippen LogP contribution in [0.4, 0.5) is 29.3 Å². The summed E-state index contributed by atoms with van der Waals surface area (Å²) in [6.07, 6.45) is 0. The van der Waals surface area contributed by atoms with Gasteiger partial charge >= 0.3 is 12.6 Å². The van der Waals surface area contributed by atoms with E-state index in [9.17, 15) is 26.4 Å². The van der Waals surface area contributed by atoms with Gasteiger partial charge in [0.1, 0.15) is 11.6 Å². The Morgan fingerprint density at radius 2 is 1.79 bits per heavy atom. The number of ether oxygens (including phenoxy) is 1. The van der Waals surface area contributed by atoms with Gasteiger partial charge in [-0.1, -0.05) is 18.2 Å². The van der Waals surface area contributed by atoms with Gasteiger partial charge in [-0.05, 0) is 60.0 Å². The number of carbonyl (C=O) groups is 1. The number of benzene rings is 3. The lowest BCUT2D eigenvalue weighted by molar-refractivity contribution is -0.0499. The average molecular weight is 547 g/mol. The Kier molecular flexibility index (Phi) is 6.59. The summed E-state index contributed by atoms with van der Waals surface area (Å²) in [5, 5.41) is 0. The van der Waals surface area contributed by atoms with Crippen LogP contribution in [-0.2, 0) is 10.0 Å². The largest absolute Gasteiger partial charge is 0.435 e. The molecule has 1 saturated heterocycles. The van der Waals surface area contributed by atoms with Gasteiger partial charge < -0.3 is 20.3 Å². The highest BCUT2D eigenvalue weighted by Gasteiger charge is 2.40. The van der Waals surface area contributed by atoms with Crippen molar-refractivity contribution in [2.75, 3.05) is 35.4 Å². The van der Waals surface area contributed by atoms with Gasteiger partial charge in [0.15, 0.2) is 0 Å². The zero-order valence-corrected chi connectivity index (χ0v) is 21.2. The number of urea groups is 1. The fourth-order valence-corrected chi connectivity index (χ4v) is 6.61. The van der Waals surface area contributed by atoms with E-state index in [-0.39, 0.29) is 35.3 Å². The minimum absolute atomic E-state index is 0.0411. The van der Waals surface area contributed by atoms with Gasteiger partial charge in [-0.2, -0.15) is 8.78 Å². The lowest BCUT2D eigenvalue weighted by Gasteiger charge is -2.48. The number of nitrogens with zero attached hydrogens (tertiary/aromatic N) is 3. The highest BCUT2D eigenvalue weighted by Crippen LogP contribution is 2.42. The van der Waals surface area contributed by atoms with Crippen LogP contribution in [0.2, 0.25) is 0 Å². The van der Waals surface area contributed by atoms with E-state index in [1.54, 1.807) is 43.3 Å². The number of sulfonamides is 1. The van der Waals surface area contributed by atoms with Gasteiger partial charge in [-0.15, -0.1) is 0 Å². The van der Waals surface area contributed by atoms with Crippen LogP contribution in [0, 0.1) is 12.7 Å². The van der Waals surface area contributed by atoms with Gasteiger partial charge in [0.25, 0.3) is 10.0 Å². The third kappa shape index (κ3) is 4.83. The molecule has 2 heterocycles. The number of aryl methyl sites for hydroxylation is 1. The van der Waals surface area contributed by atoms with Crippen LogP contribution in [0.5, 0.6) is 5.75 Å². The number of carbonyl (C=O) groups excluding carboxylic acids is 1. The maximum atomic E-state index is 14.3. The smallest absolute Gasteiger partial charge is 0.387 e. The first kappa shape index (κ1) is 25.7. The topological polar surface area (TPSA) is 96.2 Å². The van der Waals surface area contributed by atoms with Crippen LogP contribution in [0.3, 0.4) is 0 Å². The molecule has 3 aromatic rings. The van der Waals surface area contributed by atoms with Crippen LogP contribution in [-0.4, -0.2) is 58.2 Å². The predicted molar refractivity (Wildman–Crippen MR) is 136 cm³/mol. The quantitative estimate of drug-likeness (QED) is 0.518. The molecule has 0 bridgehead atoms. The van der Waals surface area contributed by atoms with Crippen LogP contribution < -0.4 is 19.7 Å². The van der Waals surface area contributed by atoms with Gasteiger partial charge in [0, 0.05) is 25.7 Å². The molecule has 0 saturated carbocycles. The number of anilines is 2. The summed E-state index contributed by atoms with van der Waals surface area (Å²) in [6.45, 7) is -0.244. The van der Waals surface area contributed by atoms with Crippen LogP contribution >= 0.6 is 0 Å². The molecule has 0 radical (unpaired) electrons. The molecule has 0 aliphatic carbocycles. The highest BCUT2D eigenvalue weighted by molar-refractivity contribution is 7.92. The third-order valence-electron chi connectivity index (χ3n) is 6.73. The maximum absolute atomic E-state index is 14.3. The van der Waals surface area contributed by atoms with Crippen LogP contribution in [0.25, 0.3) is 11.1 Å². The number of hydrogen-bond donors (Lipinski definition) is 1. The molecule has 38 heavy (non-hydrogen) atoms. The number of amides is 2. The van der Waals surface area contributed by atoms with E-state index in [0.29, 0.717) is 30.0 Å². The summed E-state index contributed by atoms with van der Waals surface area (Å²) < 4.78 is 73.3. The SMILES string of the molecule is Cc1cccc(S(=O)(=O)N2C[C@@H]3CN(C(N)=O)CCN3c3ccc(-c4cc(F)cc(OC(F)F)c4)cc32)c1. The van der Waals surface area contributed by atoms with Crippen molar-refractivity contribution >= 4 is 27.4 Å². The van der Waals surface area contributed by atoms with Gasteiger partial charge in [0.05, 0.1) is 28.9 Å². The summed E-state index contributed by atoms with van der Waals surface area (Å²) in [4.78, 5) is 15.5. The third-order valence-corrected chi connectivity index (χ3v) is 8.51. The Bertz CT molecular complexity index is 1500. The second-order valence-corrected chi connectivity index (χ2v) is 11.1. The monoisotopic (exact) mass is 546 g/mol. The van der Waals surface area contributed by atoms with Crippen molar-refractivity contribution in [3.63, 3.8) is 0 Å². The highest BCUT2D eigenvalue weighted by atomic mass is 32.2. The molecule has 2 aliphatic heterocycles. The van der Waals surface area contributed by atoms with Crippen molar-refractivity contribution in [2.24, 2.45) is 5.73 Å². The van der Waals surface area contributed by atoms with E-state index in [1.807, 2.05) is 4.90 Å². The Balaban J connectivity index is 1.63. The average Bonchev–Trinajstić information content (AvgIpc) is 2.86. The lowest BCUT2D eigenvalue weighted by Crippen LogP contribution is -2.62. The minimum atomic E-state index is -4.04. The molecule has 2 aliphatic rings. The van der Waals surface area contributed by atoms with Gasteiger partial charge in [-0.3, -0.25) is 4.31 Å². The fraction of sp³-hybridized carbons (Fsp3) is 0.269. The van der Waals surface area contributed by atoms with Gasteiger partial charge in [-0.25, -0.2) is 17.6 Å². The molecule has 2 N–H and O–H groups in total. The molecule has 200 valence electrons. The minimum Gasteiger partial charge on any atom is -0.435 e. The summed E-state index contributed by atoms with van der Waals surface area (Å²) >= 11 is 0. The van der Waals surface area contributed by atoms with Crippen LogP contribution in [0.1, 0.15) is 5.56 Å². The summed E-state index contributed by atoms with van der Waals surface area (Å²) in [5.74, 6) is -1.12. The summed E-state index contributed by atoms with van der Waals surface area (Å²) in [6, 6.07) is 13.9. The van der Waals surface area contributed by atoms with Crippen molar-refractivity contribution in [1.82, 2.24) is 4.90 Å². The normalized spacial score (nSPS) is 17.3. The second-order valence-electron chi connectivity index (χ2n) is 9.24. The Labute approximate surface area is 218 Å². The molecule has 12 heteroatoms. The molecule has 5 rings (SSSR count). The first-order valence-electron chi connectivity index (χ1n) is 11.8. The lowest BCUT2D eigenvalue weighted by atomic mass is 10.00. The standard InChI is InChI=1S/C26H25F3N4O4S/c1-16-3-2-4-22(9-16)38(35,36)33-15-20-14-31(26(30)34)7-8-32(20)23-6-5-17(12-24(23)33)18-10-19(27)13-21(11-18)37-25(28)29/h2-6,9-13,20,25H,7-8,14-15H2,1H3,(H2,30,34)/t20-/m0/s1. The number of fused-ring (bicyclic) bond motifs is 3. The van der Waals surface area contributed by atoms with E-state index in [1.165, 1.54) is 21.3 Å². The molecular formula is C26H25F3N4O4S. The molecule has 1 atom stereocenters. The number of hydrogen-bond acceptors (Lipinski definition) is 5. The van der Waals surface area contributed by atoms with E-state index in [0.717, 1.165) is 17.7 Å². The number of nitrogens with two attached hydrogens (primary N) is 1. The van der Waals surface area contributed by atoms with Gasteiger partial charge in [0.2, 0.25) is 0 Å². The van der Waals surface area contributed by atoms with Crippen molar-refractivity contribution in [2.45, 2.75) is 24.5 Å². The first-order chi connectivity index (χ1) is 18.0. The van der Waals surface area contributed by atoms with Crippen LogP contribution in [0.15, 0.2) is 65.6 Å². The van der Waals surface area contributed by atoms with Crippen molar-refractivity contribution < 1.29 is 31.1 Å². The Morgan fingerprint density at radius 3 is 2.50 bits per heavy atom. The van der Waals surface area contributed by atoms with E-state index >= 15 is 0 Å². The Morgan fingerprint density at radius 1 is 1.00 bits per heavy atom. The van der Waals surface area contributed by atoms with Crippen molar-refractivity contribution in [1.29, 1.82) is 0 Å². The molecule has 3 aromatic carbocycles. The predicted octanol–water partition coefficient (Wildman–Crippen LogP) is 4.18.